The zero-order valence-corrected chi connectivity index (χ0v) is 11.4. The molecule has 84 valence electrons. The highest BCUT2D eigenvalue weighted by molar-refractivity contribution is 6.76. The lowest BCUT2D eigenvalue weighted by Gasteiger charge is -2.23. The van der Waals surface area contributed by atoms with Crippen molar-refractivity contribution in [2.75, 3.05) is 0 Å². The molecule has 0 unspecified atom stereocenters. The van der Waals surface area contributed by atoms with Crippen LogP contribution in [-0.2, 0) is 0 Å². The van der Waals surface area contributed by atoms with E-state index in [-0.39, 0.29) is 0 Å². The Labute approximate surface area is 91.5 Å². The van der Waals surface area contributed by atoms with Gasteiger partial charge in [-0.25, -0.2) is 0 Å². The highest BCUT2D eigenvalue weighted by Crippen LogP contribution is 2.28. The third-order valence-electron chi connectivity index (χ3n) is 3.53. The summed E-state index contributed by atoms with van der Waals surface area (Å²) in [5.41, 5.74) is 0. The lowest BCUT2D eigenvalue weighted by Crippen LogP contribution is -2.20. The number of hydrogen-bond acceptors (Lipinski definition) is 0. The van der Waals surface area contributed by atoms with Crippen LogP contribution in [0.2, 0.25) is 25.7 Å². The molecule has 1 aliphatic carbocycles. The molecular formula is C13H28Si. The van der Waals surface area contributed by atoms with Gasteiger partial charge >= 0.3 is 0 Å². The lowest BCUT2D eigenvalue weighted by atomic mass is 9.89. The molecule has 0 radical (unpaired) electrons. The Kier molecular flexibility index (Phi) is 5.22. The van der Waals surface area contributed by atoms with Crippen LogP contribution in [0.5, 0.6) is 0 Å². The van der Waals surface area contributed by atoms with Crippen molar-refractivity contribution in [1.82, 2.24) is 0 Å². The fraction of sp³-hybridized carbons (Fsp3) is 1.00. The van der Waals surface area contributed by atoms with Crippen LogP contribution in [-0.4, -0.2) is 8.07 Å². The molecule has 14 heavy (non-hydrogen) atoms. The first-order valence-electron chi connectivity index (χ1n) is 6.58. The fourth-order valence-corrected chi connectivity index (χ4v) is 3.74. The lowest BCUT2D eigenvalue weighted by molar-refractivity contribution is 0.368. The predicted molar refractivity (Wildman–Crippen MR) is 68.6 cm³/mol. The van der Waals surface area contributed by atoms with Crippen LogP contribution in [0.4, 0.5) is 0 Å². The Balaban J connectivity index is 2.20. The average Bonchev–Trinajstić information content (AvgIpc) is 2.00. The summed E-state index contributed by atoms with van der Waals surface area (Å²) in [4.78, 5) is 0. The molecule has 1 rings (SSSR count). The Morgan fingerprint density at radius 2 is 1.36 bits per heavy atom. The molecule has 0 aromatic carbocycles. The summed E-state index contributed by atoms with van der Waals surface area (Å²) >= 11 is 0. The van der Waals surface area contributed by atoms with Crippen LogP contribution in [0.25, 0.3) is 0 Å². The van der Waals surface area contributed by atoms with E-state index in [4.69, 9.17) is 0 Å². The molecule has 0 spiro atoms. The summed E-state index contributed by atoms with van der Waals surface area (Å²) in [5, 5.41) is 0. The van der Waals surface area contributed by atoms with E-state index in [9.17, 15) is 0 Å². The van der Waals surface area contributed by atoms with Crippen molar-refractivity contribution in [3.05, 3.63) is 0 Å². The maximum atomic E-state index is 2.51. The molecule has 1 saturated carbocycles. The first kappa shape index (κ1) is 12.3. The Morgan fingerprint density at radius 1 is 0.857 bits per heavy atom. The van der Waals surface area contributed by atoms with Crippen LogP contribution >= 0.6 is 0 Å². The van der Waals surface area contributed by atoms with Gasteiger partial charge in [0.25, 0.3) is 0 Å². The summed E-state index contributed by atoms with van der Waals surface area (Å²) in [6.07, 6.45) is 12.1. The number of rotatable bonds is 3. The van der Waals surface area contributed by atoms with E-state index in [1.165, 1.54) is 51.4 Å². The molecule has 0 heterocycles. The largest absolute Gasteiger partial charge is 0.0695 e. The fourth-order valence-electron chi connectivity index (χ4n) is 2.47. The van der Waals surface area contributed by atoms with Gasteiger partial charge < -0.3 is 0 Å². The van der Waals surface area contributed by atoms with E-state index in [0.29, 0.717) is 0 Å². The average molecular weight is 212 g/mol. The maximum absolute atomic E-state index is 2.51. The van der Waals surface area contributed by atoms with Crippen LogP contribution < -0.4 is 0 Å². The van der Waals surface area contributed by atoms with Gasteiger partial charge in [0.05, 0.1) is 0 Å². The van der Waals surface area contributed by atoms with Crippen molar-refractivity contribution in [3.8, 4) is 0 Å². The van der Waals surface area contributed by atoms with Crippen molar-refractivity contribution in [2.45, 2.75) is 77.1 Å². The van der Waals surface area contributed by atoms with Crippen molar-refractivity contribution < 1.29 is 0 Å². The van der Waals surface area contributed by atoms with Gasteiger partial charge in [-0.2, -0.15) is 0 Å². The Hall–Kier alpha value is 0.217. The van der Waals surface area contributed by atoms with E-state index in [1.807, 2.05) is 0 Å². The first-order valence-corrected chi connectivity index (χ1v) is 10.3. The van der Waals surface area contributed by atoms with Gasteiger partial charge in [-0.15, -0.1) is 0 Å². The molecule has 1 heteroatoms. The van der Waals surface area contributed by atoms with E-state index in [0.717, 1.165) is 5.92 Å². The van der Waals surface area contributed by atoms with Crippen LogP contribution in [0.15, 0.2) is 0 Å². The molecule has 0 saturated heterocycles. The van der Waals surface area contributed by atoms with Crippen molar-refractivity contribution >= 4 is 8.07 Å². The highest BCUT2D eigenvalue weighted by atomic mass is 28.3. The van der Waals surface area contributed by atoms with Gasteiger partial charge in [-0.05, 0) is 5.92 Å². The van der Waals surface area contributed by atoms with E-state index in [1.54, 1.807) is 6.04 Å². The zero-order chi connectivity index (χ0) is 10.4. The molecule has 1 fully saturated rings. The summed E-state index contributed by atoms with van der Waals surface area (Å²) in [6, 6.07) is 1.55. The van der Waals surface area contributed by atoms with Gasteiger partial charge in [-0.3, -0.25) is 0 Å². The van der Waals surface area contributed by atoms with E-state index in [2.05, 4.69) is 19.6 Å². The van der Waals surface area contributed by atoms with E-state index < -0.39 is 8.07 Å². The van der Waals surface area contributed by atoms with Gasteiger partial charge in [0.2, 0.25) is 0 Å². The van der Waals surface area contributed by atoms with E-state index >= 15 is 0 Å². The van der Waals surface area contributed by atoms with Gasteiger partial charge in [-0.1, -0.05) is 77.1 Å². The predicted octanol–water partition coefficient (Wildman–Crippen LogP) is 5.08. The molecule has 0 aromatic rings. The standard InChI is InChI=1S/C13H28Si/c1-14(2,3)12-11-13-9-7-5-4-6-8-10-13/h13H,4-12H2,1-3H3. The van der Waals surface area contributed by atoms with Gasteiger partial charge in [0.15, 0.2) is 0 Å². The SMILES string of the molecule is C[Si](C)(C)CCC1CCCCCCC1. The molecule has 0 amide bonds. The normalized spacial score (nSPS) is 21.6. The zero-order valence-electron chi connectivity index (χ0n) is 10.4. The molecule has 0 aromatic heterocycles. The first-order chi connectivity index (χ1) is 6.58. The minimum Gasteiger partial charge on any atom is -0.0695 e. The summed E-state index contributed by atoms with van der Waals surface area (Å²) in [5.74, 6) is 1.09. The monoisotopic (exact) mass is 212 g/mol. The van der Waals surface area contributed by atoms with Gasteiger partial charge in [0.1, 0.15) is 0 Å². The van der Waals surface area contributed by atoms with Crippen molar-refractivity contribution in [1.29, 1.82) is 0 Å². The summed E-state index contributed by atoms with van der Waals surface area (Å²) in [7, 11) is -0.770. The molecule has 0 bridgehead atoms. The van der Waals surface area contributed by atoms with Crippen LogP contribution in [0.3, 0.4) is 0 Å². The smallest absolute Gasteiger partial charge is 0.0442 e. The molecule has 0 atom stereocenters. The molecule has 0 N–H and O–H groups in total. The Morgan fingerprint density at radius 3 is 1.86 bits per heavy atom. The topological polar surface area (TPSA) is 0 Å². The minimum atomic E-state index is -0.770. The molecule has 0 aliphatic heterocycles. The Bertz CT molecular complexity index is 138. The second kappa shape index (κ2) is 5.94. The van der Waals surface area contributed by atoms with Crippen LogP contribution in [0.1, 0.15) is 51.4 Å². The summed E-state index contributed by atoms with van der Waals surface area (Å²) in [6.45, 7) is 7.53. The number of hydrogen-bond donors (Lipinski definition) is 0. The van der Waals surface area contributed by atoms with Crippen molar-refractivity contribution in [3.63, 3.8) is 0 Å². The third kappa shape index (κ3) is 5.84. The molecule has 0 nitrogen and oxygen atoms in total. The third-order valence-corrected chi connectivity index (χ3v) is 5.32. The van der Waals surface area contributed by atoms with Crippen LogP contribution in [0, 0.1) is 5.92 Å². The molecular weight excluding hydrogens is 184 g/mol. The van der Waals surface area contributed by atoms with Crippen molar-refractivity contribution in [2.24, 2.45) is 5.92 Å². The highest BCUT2D eigenvalue weighted by Gasteiger charge is 2.17. The molecule has 1 aliphatic rings. The summed E-state index contributed by atoms with van der Waals surface area (Å²) < 4.78 is 0. The quantitative estimate of drug-likeness (QED) is 0.573. The van der Waals surface area contributed by atoms with Gasteiger partial charge in [0, 0.05) is 8.07 Å². The maximum Gasteiger partial charge on any atom is 0.0442 e. The minimum absolute atomic E-state index is 0.770. The second-order valence-corrected chi connectivity index (χ2v) is 11.9. The second-order valence-electron chi connectivity index (χ2n) is 6.31.